The summed E-state index contributed by atoms with van der Waals surface area (Å²) in [6.45, 7) is 4.15. The minimum absolute atomic E-state index is 0.319. The quantitative estimate of drug-likeness (QED) is 0.897. The van der Waals surface area contributed by atoms with Crippen LogP contribution in [0.1, 0.15) is 19.5 Å². The Balaban J connectivity index is 2.51. The highest BCUT2D eigenvalue weighted by Crippen LogP contribution is 2.28. The summed E-state index contributed by atoms with van der Waals surface area (Å²) in [6, 6.07) is 4.02. The van der Waals surface area contributed by atoms with E-state index in [-0.39, 0.29) is 0 Å². The van der Waals surface area contributed by atoms with Gasteiger partial charge in [0.1, 0.15) is 5.82 Å². The molecule has 0 radical (unpaired) electrons. The fourth-order valence-electron chi connectivity index (χ4n) is 1.81. The lowest BCUT2D eigenvalue weighted by molar-refractivity contribution is 0.432. The Morgan fingerprint density at radius 1 is 1.35 bits per heavy atom. The van der Waals surface area contributed by atoms with Gasteiger partial charge in [0, 0.05) is 5.56 Å². The van der Waals surface area contributed by atoms with Gasteiger partial charge < -0.3 is 10.8 Å². The average Bonchev–Trinajstić information content (AvgIpc) is 2.37. The molecule has 0 atom stereocenters. The van der Waals surface area contributed by atoms with E-state index in [4.69, 9.17) is 5.73 Å². The number of aromatic nitrogens is 2. The predicted molar refractivity (Wildman–Crippen MR) is 79.7 cm³/mol. The van der Waals surface area contributed by atoms with E-state index in [1.54, 1.807) is 6.07 Å². The van der Waals surface area contributed by atoms with Crippen LogP contribution in [0.2, 0.25) is 0 Å². The topological polar surface area (TPSA) is 72.0 Å². The summed E-state index contributed by atoms with van der Waals surface area (Å²) in [7, 11) is 0. The molecule has 2 rings (SSSR count). The maximum Gasteiger partial charge on any atom is 0.165 e. The molecule has 0 spiro atoms. The van der Waals surface area contributed by atoms with Gasteiger partial charge in [0.15, 0.2) is 17.4 Å². The lowest BCUT2D eigenvalue weighted by Crippen LogP contribution is -2.05. The summed E-state index contributed by atoms with van der Waals surface area (Å²) in [5.74, 6) is -0.0383. The lowest BCUT2D eigenvalue weighted by atomic mass is 10.1. The molecule has 0 unspecified atom stereocenters. The van der Waals surface area contributed by atoms with Gasteiger partial charge in [0.25, 0.3) is 0 Å². The molecule has 6 heteroatoms. The van der Waals surface area contributed by atoms with Crippen molar-refractivity contribution in [3.05, 3.63) is 34.2 Å². The summed E-state index contributed by atoms with van der Waals surface area (Å²) in [5.41, 5.74) is 7.13. The number of phenolic OH excluding ortho intramolecular Hbond substituents is 1. The zero-order valence-electron chi connectivity index (χ0n) is 11.2. The molecule has 1 aromatic heterocycles. The molecule has 0 saturated heterocycles. The van der Waals surface area contributed by atoms with Crippen LogP contribution in [0.5, 0.6) is 5.75 Å². The third kappa shape index (κ3) is 3.07. The zero-order chi connectivity index (χ0) is 14.9. The van der Waals surface area contributed by atoms with Crippen molar-refractivity contribution in [2.75, 3.05) is 5.73 Å². The molecule has 0 aliphatic carbocycles. The van der Waals surface area contributed by atoms with Gasteiger partial charge in [-0.2, -0.15) is 0 Å². The van der Waals surface area contributed by atoms with Crippen molar-refractivity contribution in [1.82, 2.24) is 9.97 Å². The SMILES string of the molecule is CC(C)Cc1nc(-c2ccc(O)c(F)c2)nc(N)c1Br. The fraction of sp³-hybridized carbons (Fsp3) is 0.286. The molecule has 1 heterocycles. The molecular formula is C14H15BrFN3O. The molecule has 0 aliphatic rings. The Morgan fingerprint density at radius 2 is 2.05 bits per heavy atom. The molecule has 0 aliphatic heterocycles. The van der Waals surface area contributed by atoms with E-state index in [9.17, 15) is 9.50 Å². The number of nitrogens with two attached hydrogens (primary N) is 1. The summed E-state index contributed by atoms with van der Waals surface area (Å²) in [4.78, 5) is 8.58. The fourth-order valence-corrected chi connectivity index (χ4v) is 2.15. The lowest BCUT2D eigenvalue weighted by Gasteiger charge is -2.11. The number of nitrogen functional groups attached to an aromatic ring is 1. The van der Waals surface area contributed by atoms with Crippen LogP contribution in [0.3, 0.4) is 0 Å². The first-order valence-electron chi connectivity index (χ1n) is 6.19. The first-order valence-corrected chi connectivity index (χ1v) is 6.98. The second-order valence-electron chi connectivity index (χ2n) is 4.96. The van der Waals surface area contributed by atoms with Gasteiger partial charge in [0.05, 0.1) is 10.2 Å². The van der Waals surface area contributed by atoms with Crippen molar-refractivity contribution in [2.24, 2.45) is 5.92 Å². The second-order valence-corrected chi connectivity index (χ2v) is 5.75. The highest BCUT2D eigenvalue weighted by Gasteiger charge is 2.14. The molecule has 4 nitrogen and oxygen atoms in total. The van der Waals surface area contributed by atoms with Gasteiger partial charge in [-0.1, -0.05) is 13.8 Å². The number of rotatable bonds is 3. The first kappa shape index (κ1) is 14.7. The average molecular weight is 340 g/mol. The smallest absolute Gasteiger partial charge is 0.165 e. The van der Waals surface area contributed by atoms with Gasteiger partial charge in [-0.25, -0.2) is 14.4 Å². The van der Waals surface area contributed by atoms with E-state index >= 15 is 0 Å². The highest BCUT2D eigenvalue weighted by atomic mass is 79.9. The molecular weight excluding hydrogens is 325 g/mol. The van der Waals surface area contributed by atoms with Crippen molar-refractivity contribution in [3.8, 4) is 17.1 Å². The van der Waals surface area contributed by atoms with Crippen LogP contribution < -0.4 is 5.73 Å². The van der Waals surface area contributed by atoms with Crippen molar-refractivity contribution in [2.45, 2.75) is 20.3 Å². The van der Waals surface area contributed by atoms with Crippen LogP contribution in [-0.2, 0) is 6.42 Å². The molecule has 106 valence electrons. The maximum atomic E-state index is 13.4. The number of anilines is 1. The van der Waals surface area contributed by atoms with Crippen molar-refractivity contribution >= 4 is 21.7 Å². The van der Waals surface area contributed by atoms with E-state index in [0.717, 1.165) is 12.1 Å². The van der Waals surface area contributed by atoms with Crippen LogP contribution in [0.15, 0.2) is 22.7 Å². The van der Waals surface area contributed by atoms with Crippen LogP contribution in [0.4, 0.5) is 10.2 Å². The molecule has 3 N–H and O–H groups in total. The number of phenols is 1. The summed E-state index contributed by atoms with van der Waals surface area (Å²) < 4.78 is 14.1. The second kappa shape index (κ2) is 5.75. The van der Waals surface area contributed by atoms with Gasteiger partial charge in [-0.3, -0.25) is 0 Å². The molecule has 0 bridgehead atoms. The van der Waals surface area contributed by atoms with E-state index in [2.05, 4.69) is 39.7 Å². The van der Waals surface area contributed by atoms with E-state index in [0.29, 0.717) is 27.6 Å². The summed E-state index contributed by atoms with van der Waals surface area (Å²) >= 11 is 3.38. The van der Waals surface area contributed by atoms with Crippen molar-refractivity contribution < 1.29 is 9.50 Å². The largest absolute Gasteiger partial charge is 0.505 e. The van der Waals surface area contributed by atoms with Gasteiger partial charge in [-0.05, 0) is 46.5 Å². The van der Waals surface area contributed by atoms with E-state index < -0.39 is 11.6 Å². The summed E-state index contributed by atoms with van der Waals surface area (Å²) in [5, 5.41) is 9.21. The number of hydrogen-bond acceptors (Lipinski definition) is 4. The number of nitrogens with zero attached hydrogens (tertiary/aromatic N) is 2. The standard InChI is InChI=1S/C14H15BrFN3O/c1-7(2)5-10-12(15)13(17)19-14(18-10)8-3-4-11(20)9(16)6-8/h3-4,6-7,20H,5H2,1-2H3,(H2,17,18,19). The van der Waals surface area contributed by atoms with Gasteiger partial charge >= 0.3 is 0 Å². The van der Waals surface area contributed by atoms with Gasteiger partial charge in [0.2, 0.25) is 0 Å². The number of aromatic hydroxyl groups is 1. The predicted octanol–water partition coefficient (Wildman–Crippen LogP) is 3.53. The van der Waals surface area contributed by atoms with Crippen LogP contribution in [0.25, 0.3) is 11.4 Å². The van der Waals surface area contributed by atoms with E-state index in [1.807, 2.05) is 0 Å². The molecule has 0 fully saturated rings. The van der Waals surface area contributed by atoms with Crippen LogP contribution in [0, 0.1) is 11.7 Å². The zero-order valence-corrected chi connectivity index (χ0v) is 12.8. The number of hydrogen-bond donors (Lipinski definition) is 2. The Hall–Kier alpha value is -1.69. The molecule has 1 aromatic carbocycles. The monoisotopic (exact) mass is 339 g/mol. The van der Waals surface area contributed by atoms with Crippen LogP contribution >= 0.6 is 15.9 Å². The Morgan fingerprint density at radius 3 is 2.65 bits per heavy atom. The Bertz CT molecular complexity index is 647. The third-order valence-electron chi connectivity index (χ3n) is 2.75. The Kier molecular flexibility index (Phi) is 4.23. The van der Waals surface area contributed by atoms with Crippen molar-refractivity contribution in [3.63, 3.8) is 0 Å². The highest BCUT2D eigenvalue weighted by molar-refractivity contribution is 9.10. The van der Waals surface area contributed by atoms with Gasteiger partial charge in [-0.15, -0.1) is 0 Å². The third-order valence-corrected chi connectivity index (χ3v) is 3.62. The molecule has 20 heavy (non-hydrogen) atoms. The minimum atomic E-state index is -0.710. The normalized spacial score (nSPS) is 11.1. The Labute approximate surface area is 125 Å². The van der Waals surface area contributed by atoms with E-state index in [1.165, 1.54) is 12.1 Å². The first-order chi connectivity index (χ1) is 9.38. The number of benzene rings is 1. The minimum Gasteiger partial charge on any atom is -0.505 e. The number of halogens is 2. The molecule has 2 aromatic rings. The van der Waals surface area contributed by atoms with Crippen molar-refractivity contribution in [1.29, 1.82) is 0 Å². The maximum absolute atomic E-state index is 13.4. The summed E-state index contributed by atoms with van der Waals surface area (Å²) in [6.07, 6.45) is 0.737. The molecule has 0 amide bonds. The molecule has 0 saturated carbocycles. The van der Waals surface area contributed by atoms with Crippen LogP contribution in [-0.4, -0.2) is 15.1 Å².